The molecule has 0 bridgehead atoms. The lowest BCUT2D eigenvalue weighted by atomic mass is 10.0. The highest BCUT2D eigenvalue weighted by Gasteiger charge is 2.24. The first kappa shape index (κ1) is 19.1. The number of nitrogens with one attached hydrogen (secondary N) is 1. The van der Waals surface area contributed by atoms with Gasteiger partial charge in [-0.2, -0.15) is 16.9 Å². The highest BCUT2D eigenvalue weighted by molar-refractivity contribution is 7.98. The lowest BCUT2D eigenvalue weighted by molar-refractivity contribution is -0.123. The first-order valence-electron chi connectivity index (χ1n) is 7.38. The number of anilines is 1. The van der Waals surface area contributed by atoms with Crippen molar-refractivity contribution in [2.24, 2.45) is 12.8 Å². The van der Waals surface area contributed by atoms with Crippen LogP contribution < -0.4 is 16.0 Å². The quantitative estimate of drug-likeness (QED) is 0.803. The van der Waals surface area contributed by atoms with Gasteiger partial charge in [-0.3, -0.25) is 9.48 Å². The van der Waals surface area contributed by atoms with Gasteiger partial charge in [-0.25, -0.2) is 0 Å². The molecule has 3 N–H and O–H groups in total. The van der Waals surface area contributed by atoms with E-state index in [9.17, 15) is 4.79 Å². The summed E-state index contributed by atoms with van der Waals surface area (Å²) in [6.07, 6.45) is 8.71. The molecule has 1 unspecified atom stereocenters. The maximum atomic E-state index is 12.1. The van der Waals surface area contributed by atoms with Crippen molar-refractivity contribution in [3.05, 3.63) is 12.4 Å². The van der Waals surface area contributed by atoms with E-state index in [1.54, 1.807) is 16.4 Å². The Labute approximate surface area is 142 Å². The minimum absolute atomic E-state index is 0. The van der Waals surface area contributed by atoms with Gasteiger partial charge in [-0.15, -0.1) is 12.4 Å². The van der Waals surface area contributed by atoms with Crippen LogP contribution in [0.3, 0.4) is 0 Å². The summed E-state index contributed by atoms with van der Waals surface area (Å²) >= 11 is 1.72. The van der Waals surface area contributed by atoms with Gasteiger partial charge in [0.25, 0.3) is 0 Å². The zero-order valence-corrected chi connectivity index (χ0v) is 14.8. The van der Waals surface area contributed by atoms with Crippen LogP contribution in [-0.2, 0) is 11.8 Å². The molecule has 1 aliphatic rings. The predicted octanol–water partition coefficient (Wildman–Crippen LogP) is 1.01. The topological polar surface area (TPSA) is 76.2 Å². The first-order valence-corrected chi connectivity index (χ1v) is 8.78. The molecule has 2 rings (SSSR count). The molecule has 1 saturated heterocycles. The number of carbonyl (C=O) groups excluding carboxylic acids is 1. The third kappa shape index (κ3) is 5.37. The van der Waals surface area contributed by atoms with Gasteiger partial charge >= 0.3 is 0 Å². The van der Waals surface area contributed by atoms with Gasteiger partial charge in [0.05, 0.1) is 17.9 Å². The van der Waals surface area contributed by atoms with E-state index < -0.39 is 6.04 Å². The third-order valence-corrected chi connectivity index (χ3v) is 4.44. The van der Waals surface area contributed by atoms with Crippen LogP contribution in [-0.4, -0.2) is 52.9 Å². The molecular formula is C14H26ClN5OS. The maximum Gasteiger partial charge on any atom is 0.237 e. The SMILES string of the molecule is CSCC[C@H](N)C(=O)NC1CCCN(c2cnn(C)c2)C1.Cl. The molecule has 1 aromatic heterocycles. The molecule has 0 radical (unpaired) electrons. The molecule has 1 aliphatic heterocycles. The van der Waals surface area contributed by atoms with Crippen molar-refractivity contribution in [2.75, 3.05) is 30.0 Å². The van der Waals surface area contributed by atoms with Crippen LogP contribution in [0.2, 0.25) is 0 Å². The largest absolute Gasteiger partial charge is 0.367 e. The Balaban J connectivity index is 0.00000242. The summed E-state index contributed by atoms with van der Waals surface area (Å²) in [7, 11) is 1.91. The molecule has 0 aliphatic carbocycles. The van der Waals surface area contributed by atoms with Gasteiger partial charge in [0, 0.05) is 32.4 Å². The average Bonchev–Trinajstić information content (AvgIpc) is 2.91. The number of hydrogen-bond acceptors (Lipinski definition) is 5. The van der Waals surface area contributed by atoms with E-state index in [-0.39, 0.29) is 24.4 Å². The van der Waals surface area contributed by atoms with E-state index in [0.29, 0.717) is 0 Å². The van der Waals surface area contributed by atoms with Crippen molar-refractivity contribution in [3.63, 3.8) is 0 Å². The zero-order chi connectivity index (χ0) is 15.2. The predicted molar refractivity (Wildman–Crippen MR) is 94.8 cm³/mol. The van der Waals surface area contributed by atoms with Crippen LogP contribution >= 0.6 is 24.2 Å². The Bertz CT molecular complexity index is 470. The monoisotopic (exact) mass is 347 g/mol. The molecule has 8 heteroatoms. The number of nitrogens with zero attached hydrogens (tertiary/aromatic N) is 3. The van der Waals surface area contributed by atoms with Crippen LogP contribution in [0.5, 0.6) is 0 Å². The summed E-state index contributed by atoms with van der Waals surface area (Å²) in [5.41, 5.74) is 7.03. The lowest BCUT2D eigenvalue weighted by Crippen LogP contribution is -2.52. The number of carbonyl (C=O) groups is 1. The molecule has 2 atom stereocenters. The number of nitrogens with two attached hydrogens (primary N) is 1. The summed E-state index contributed by atoms with van der Waals surface area (Å²) in [5.74, 6) is 0.892. The van der Waals surface area contributed by atoms with E-state index in [4.69, 9.17) is 5.73 Å². The molecule has 1 amide bonds. The fraction of sp³-hybridized carbons (Fsp3) is 0.714. The number of aryl methyl sites for hydroxylation is 1. The zero-order valence-electron chi connectivity index (χ0n) is 13.2. The Kier molecular flexibility index (Phi) is 8.06. The number of halogens is 1. The number of thioether (sulfide) groups is 1. The second kappa shape index (κ2) is 9.27. The second-order valence-electron chi connectivity index (χ2n) is 5.55. The number of piperidine rings is 1. The minimum Gasteiger partial charge on any atom is -0.367 e. The van der Waals surface area contributed by atoms with Crippen LogP contribution in [0.25, 0.3) is 0 Å². The molecular weight excluding hydrogens is 322 g/mol. The molecule has 1 fully saturated rings. The standard InChI is InChI=1S/C14H25N5OS.ClH/c1-18-10-12(8-16-18)19-6-3-4-11(9-19)17-14(20)13(15)5-7-21-2;/h8,10-11,13H,3-7,9,15H2,1-2H3,(H,17,20);1H/t11?,13-;/m0./s1. The van der Waals surface area contributed by atoms with Gasteiger partial charge in [0.1, 0.15) is 0 Å². The number of amides is 1. The molecule has 126 valence electrons. The van der Waals surface area contributed by atoms with Gasteiger partial charge in [0.15, 0.2) is 0 Å². The molecule has 0 spiro atoms. The summed E-state index contributed by atoms with van der Waals surface area (Å²) in [6.45, 7) is 1.84. The van der Waals surface area contributed by atoms with Crippen molar-refractivity contribution in [1.29, 1.82) is 0 Å². The number of hydrogen-bond donors (Lipinski definition) is 2. The maximum absolute atomic E-state index is 12.1. The molecule has 6 nitrogen and oxygen atoms in total. The molecule has 0 saturated carbocycles. The molecule has 2 heterocycles. The van der Waals surface area contributed by atoms with Crippen molar-refractivity contribution in [3.8, 4) is 0 Å². The van der Waals surface area contributed by atoms with Crippen molar-refractivity contribution in [1.82, 2.24) is 15.1 Å². The third-order valence-electron chi connectivity index (χ3n) is 3.79. The summed E-state index contributed by atoms with van der Waals surface area (Å²) in [6, 6.07) is -0.224. The minimum atomic E-state index is -0.397. The van der Waals surface area contributed by atoms with Crippen LogP contribution in [0.15, 0.2) is 12.4 Å². The molecule has 22 heavy (non-hydrogen) atoms. The lowest BCUT2D eigenvalue weighted by Gasteiger charge is -2.34. The van der Waals surface area contributed by atoms with Crippen molar-refractivity contribution < 1.29 is 4.79 Å². The van der Waals surface area contributed by atoms with E-state index in [1.807, 2.05) is 25.7 Å². The Hall–Kier alpha value is -0.920. The Morgan fingerprint density at radius 3 is 3.05 bits per heavy atom. The fourth-order valence-electron chi connectivity index (χ4n) is 2.59. The second-order valence-corrected chi connectivity index (χ2v) is 6.54. The van der Waals surface area contributed by atoms with E-state index in [0.717, 1.165) is 43.8 Å². The summed E-state index contributed by atoms with van der Waals surface area (Å²) < 4.78 is 1.80. The highest BCUT2D eigenvalue weighted by atomic mass is 35.5. The van der Waals surface area contributed by atoms with Gasteiger partial charge in [0.2, 0.25) is 5.91 Å². The summed E-state index contributed by atoms with van der Waals surface area (Å²) in [4.78, 5) is 14.4. The van der Waals surface area contributed by atoms with Crippen LogP contribution in [0.1, 0.15) is 19.3 Å². The average molecular weight is 348 g/mol. The summed E-state index contributed by atoms with van der Waals surface area (Å²) in [5, 5.41) is 7.30. The van der Waals surface area contributed by atoms with E-state index in [1.165, 1.54) is 0 Å². The molecule has 1 aromatic rings. The van der Waals surface area contributed by atoms with Gasteiger partial charge in [-0.1, -0.05) is 0 Å². The van der Waals surface area contributed by atoms with Crippen molar-refractivity contribution in [2.45, 2.75) is 31.3 Å². The smallest absolute Gasteiger partial charge is 0.237 e. The first-order chi connectivity index (χ1) is 10.1. The van der Waals surface area contributed by atoms with Gasteiger partial charge in [-0.05, 0) is 31.3 Å². The molecule has 0 aromatic carbocycles. The number of rotatable bonds is 6. The van der Waals surface area contributed by atoms with E-state index >= 15 is 0 Å². The Morgan fingerprint density at radius 2 is 2.41 bits per heavy atom. The fourth-order valence-corrected chi connectivity index (χ4v) is 3.07. The van der Waals surface area contributed by atoms with Gasteiger partial charge < -0.3 is 16.0 Å². The normalized spacial score (nSPS) is 19.4. The van der Waals surface area contributed by atoms with Crippen LogP contribution in [0.4, 0.5) is 5.69 Å². The Morgan fingerprint density at radius 1 is 1.64 bits per heavy atom. The van der Waals surface area contributed by atoms with Crippen LogP contribution in [0, 0.1) is 0 Å². The highest BCUT2D eigenvalue weighted by Crippen LogP contribution is 2.19. The van der Waals surface area contributed by atoms with Crippen molar-refractivity contribution >= 4 is 35.8 Å². The number of aromatic nitrogens is 2. The van der Waals surface area contributed by atoms with E-state index in [2.05, 4.69) is 15.3 Å².